The smallest absolute Gasteiger partial charge is 0.306 e. The summed E-state index contributed by atoms with van der Waals surface area (Å²) in [7, 11) is 0. The van der Waals surface area contributed by atoms with E-state index in [0.29, 0.717) is 19.3 Å². The van der Waals surface area contributed by atoms with Crippen LogP contribution in [-0.4, -0.2) is 37.2 Å². The summed E-state index contributed by atoms with van der Waals surface area (Å²) in [5.74, 6) is -0.982. The van der Waals surface area contributed by atoms with Crippen molar-refractivity contribution < 1.29 is 28.6 Å². The van der Waals surface area contributed by atoms with E-state index in [0.717, 1.165) is 103 Å². The Morgan fingerprint density at radius 1 is 0.308 bits per heavy atom. The van der Waals surface area contributed by atoms with Gasteiger partial charge in [-0.2, -0.15) is 0 Å². The maximum atomic E-state index is 12.8. The molecule has 6 nitrogen and oxygen atoms in total. The molecule has 0 heterocycles. The van der Waals surface area contributed by atoms with Gasteiger partial charge in [-0.3, -0.25) is 14.4 Å². The average Bonchev–Trinajstić information content (AvgIpc) is 3.30. The molecule has 0 bridgehead atoms. The van der Waals surface area contributed by atoms with Crippen molar-refractivity contribution >= 4 is 17.9 Å². The third kappa shape index (κ3) is 51.4. The minimum absolute atomic E-state index is 0.104. The normalized spacial score (nSPS) is 12.7. The number of ether oxygens (including phenoxy) is 3. The van der Waals surface area contributed by atoms with Gasteiger partial charge in [0.1, 0.15) is 13.2 Å². The van der Waals surface area contributed by atoms with Crippen LogP contribution in [0.2, 0.25) is 0 Å². The van der Waals surface area contributed by atoms with Crippen molar-refractivity contribution in [3.63, 3.8) is 0 Å². The summed E-state index contributed by atoms with van der Waals surface area (Å²) in [6.07, 6.45) is 68.5. The topological polar surface area (TPSA) is 78.9 Å². The third-order valence-corrected chi connectivity index (χ3v) is 11.3. The lowest BCUT2D eigenvalue weighted by Crippen LogP contribution is -2.30. The Balaban J connectivity index is 4.51. The number of allylic oxidation sites excluding steroid dienone is 14. The second-order valence-corrected chi connectivity index (χ2v) is 17.8. The molecule has 0 amide bonds. The zero-order valence-electron chi connectivity index (χ0n) is 42.5. The van der Waals surface area contributed by atoms with Crippen molar-refractivity contribution in [1.82, 2.24) is 0 Å². The Morgan fingerprint density at radius 3 is 0.969 bits per heavy atom. The molecular weight excluding hydrogens is 805 g/mol. The Hall–Kier alpha value is -3.41. The van der Waals surface area contributed by atoms with Gasteiger partial charge in [0, 0.05) is 19.3 Å². The molecular formula is C59H100O6. The standard InChI is InChI=1S/C59H100O6/c1-4-7-10-13-16-19-22-25-28-29-32-34-37-40-43-46-49-52-58(61)64-55-56(65-59(62)53-50-47-44-41-38-35-31-27-24-21-18-15-12-9-6-3)54-63-57(60)51-48-45-42-39-36-33-30-26-23-20-17-14-11-8-5-2/h16-17,19-20,25-28,30-32,34,40,43,56H,4-15,18,21-24,29,33,35-39,41-42,44-55H2,1-3H3/b19-16-,20-17-,28-25-,30-26-,31-27-,34-32-,43-40-/t56-/m1/s1. The van der Waals surface area contributed by atoms with Crippen molar-refractivity contribution in [3.05, 3.63) is 85.1 Å². The van der Waals surface area contributed by atoms with E-state index in [-0.39, 0.29) is 37.5 Å². The molecule has 1 atom stereocenters. The fourth-order valence-corrected chi connectivity index (χ4v) is 7.22. The molecule has 0 saturated carbocycles. The highest BCUT2D eigenvalue weighted by Gasteiger charge is 2.19. The number of hydrogen-bond acceptors (Lipinski definition) is 6. The molecule has 0 N–H and O–H groups in total. The Morgan fingerprint density at radius 2 is 0.569 bits per heavy atom. The average molecular weight is 905 g/mol. The minimum Gasteiger partial charge on any atom is -0.462 e. The molecule has 0 fully saturated rings. The molecule has 0 aromatic rings. The van der Waals surface area contributed by atoms with Crippen molar-refractivity contribution in [2.75, 3.05) is 13.2 Å². The first-order valence-electron chi connectivity index (χ1n) is 27.1. The van der Waals surface area contributed by atoms with Crippen LogP contribution in [0, 0.1) is 0 Å². The van der Waals surface area contributed by atoms with E-state index in [1.807, 2.05) is 0 Å². The number of unbranched alkanes of at least 4 members (excludes halogenated alkanes) is 23. The lowest BCUT2D eigenvalue weighted by Gasteiger charge is -2.18. The van der Waals surface area contributed by atoms with Crippen LogP contribution in [0.5, 0.6) is 0 Å². The fraction of sp³-hybridized carbons (Fsp3) is 0.712. The highest BCUT2D eigenvalue weighted by Crippen LogP contribution is 2.13. The molecule has 0 aliphatic heterocycles. The van der Waals surface area contributed by atoms with Crippen LogP contribution in [0.25, 0.3) is 0 Å². The van der Waals surface area contributed by atoms with E-state index in [1.165, 1.54) is 103 Å². The molecule has 0 aliphatic rings. The number of rotatable bonds is 48. The van der Waals surface area contributed by atoms with Crippen LogP contribution in [0.4, 0.5) is 0 Å². The van der Waals surface area contributed by atoms with Gasteiger partial charge in [-0.1, -0.05) is 202 Å². The number of carbonyl (C=O) groups excluding carboxylic acids is 3. The molecule has 6 heteroatoms. The largest absolute Gasteiger partial charge is 0.462 e. The summed E-state index contributed by atoms with van der Waals surface area (Å²) in [6.45, 7) is 6.51. The van der Waals surface area contributed by atoms with Crippen molar-refractivity contribution in [2.24, 2.45) is 0 Å². The van der Waals surface area contributed by atoms with E-state index in [2.05, 4.69) is 106 Å². The summed E-state index contributed by atoms with van der Waals surface area (Å²) in [5.41, 5.74) is 0. The summed E-state index contributed by atoms with van der Waals surface area (Å²) in [5, 5.41) is 0. The molecule has 0 aromatic carbocycles. The first-order valence-corrected chi connectivity index (χ1v) is 27.1. The lowest BCUT2D eigenvalue weighted by molar-refractivity contribution is -0.167. The van der Waals surface area contributed by atoms with Crippen LogP contribution in [0.15, 0.2) is 85.1 Å². The monoisotopic (exact) mass is 905 g/mol. The Labute approximate surface area is 401 Å². The van der Waals surface area contributed by atoms with Crippen LogP contribution < -0.4 is 0 Å². The Kier molecular flexibility index (Phi) is 50.4. The predicted octanol–water partition coefficient (Wildman–Crippen LogP) is 18.0. The number of carbonyl (C=O) groups is 3. The zero-order valence-corrected chi connectivity index (χ0v) is 42.5. The highest BCUT2D eigenvalue weighted by atomic mass is 16.6. The van der Waals surface area contributed by atoms with Gasteiger partial charge in [-0.15, -0.1) is 0 Å². The fourth-order valence-electron chi connectivity index (χ4n) is 7.22. The molecule has 0 aliphatic carbocycles. The van der Waals surface area contributed by atoms with Crippen molar-refractivity contribution in [2.45, 2.75) is 258 Å². The van der Waals surface area contributed by atoms with E-state index in [9.17, 15) is 14.4 Å². The summed E-state index contributed by atoms with van der Waals surface area (Å²) in [4.78, 5) is 38.0. The molecule has 0 saturated heterocycles. The first-order chi connectivity index (χ1) is 32.0. The van der Waals surface area contributed by atoms with Crippen molar-refractivity contribution in [3.8, 4) is 0 Å². The molecule has 0 unspecified atom stereocenters. The van der Waals surface area contributed by atoms with Crippen LogP contribution in [0.1, 0.15) is 252 Å². The maximum absolute atomic E-state index is 12.8. The van der Waals surface area contributed by atoms with E-state index >= 15 is 0 Å². The second kappa shape index (κ2) is 53.2. The quantitative estimate of drug-likeness (QED) is 0.0262. The molecule has 0 spiro atoms. The van der Waals surface area contributed by atoms with Crippen LogP contribution >= 0.6 is 0 Å². The van der Waals surface area contributed by atoms with Gasteiger partial charge >= 0.3 is 17.9 Å². The lowest BCUT2D eigenvalue weighted by atomic mass is 10.1. The van der Waals surface area contributed by atoms with Gasteiger partial charge in [-0.25, -0.2) is 0 Å². The summed E-state index contributed by atoms with van der Waals surface area (Å²) in [6, 6.07) is 0. The second-order valence-electron chi connectivity index (χ2n) is 17.8. The Bertz CT molecular complexity index is 1270. The highest BCUT2D eigenvalue weighted by molar-refractivity contribution is 5.71. The number of esters is 3. The molecule has 372 valence electrons. The summed E-state index contributed by atoms with van der Waals surface area (Å²) < 4.78 is 16.8. The van der Waals surface area contributed by atoms with Gasteiger partial charge < -0.3 is 14.2 Å². The van der Waals surface area contributed by atoms with E-state index in [1.54, 1.807) is 0 Å². The SMILES string of the molecule is CCCCC/C=C\C/C=C\C/C=C\C/C=C\CCCC(=O)OC[C@@H](COC(=O)CCCCCCC/C=C\C/C=C\CCCCC)OC(=O)CCCCCCC/C=C\CCCCCCCC. The molecule has 0 rings (SSSR count). The van der Waals surface area contributed by atoms with Gasteiger partial charge in [-0.05, 0) is 116 Å². The minimum atomic E-state index is -0.809. The van der Waals surface area contributed by atoms with Gasteiger partial charge in [0.2, 0.25) is 0 Å². The van der Waals surface area contributed by atoms with E-state index < -0.39 is 6.10 Å². The molecule has 0 aromatic heterocycles. The van der Waals surface area contributed by atoms with Gasteiger partial charge in [0.25, 0.3) is 0 Å². The van der Waals surface area contributed by atoms with Crippen LogP contribution in [0.3, 0.4) is 0 Å². The maximum Gasteiger partial charge on any atom is 0.306 e. The van der Waals surface area contributed by atoms with Gasteiger partial charge in [0.05, 0.1) is 0 Å². The summed E-state index contributed by atoms with van der Waals surface area (Å²) >= 11 is 0. The van der Waals surface area contributed by atoms with Crippen LogP contribution in [-0.2, 0) is 28.6 Å². The molecule has 0 radical (unpaired) electrons. The van der Waals surface area contributed by atoms with E-state index in [4.69, 9.17) is 14.2 Å². The van der Waals surface area contributed by atoms with Gasteiger partial charge in [0.15, 0.2) is 6.10 Å². The zero-order chi connectivity index (χ0) is 47.2. The first kappa shape index (κ1) is 61.6. The van der Waals surface area contributed by atoms with Crippen molar-refractivity contribution in [1.29, 1.82) is 0 Å². The molecule has 65 heavy (non-hydrogen) atoms. The number of hydrogen-bond donors (Lipinski definition) is 0. The predicted molar refractivity (Wildman–Crippen MR) is 279 cm³/mol. The third-order valence-electron chi connectivity index (χ3n) is 11.3.